The highest BCUT2D eigenvalue weighted by Crippen LogP contribution is 2.19. The maximum absolute atomic E-state index is 4.96. The summed E-state index contributed by atoms with van der Waals surface area (Å²) in [5, 5.41) is 0. The van der Waals surface area contributed by atoms with E-state index in [1.165, 1.54) is 22.3 Å². The minimum atomic E-state index is 0.763. The molecule has 28 heavy (non-hydrogen) atoms. The Balaban J connectivity index is 1.53. The first-order valence-electron chi connectivity index (χ1n) is 9.85. The van der Waals surface area contributed by atoms with Crippen LogP contribution >= 0.6 is 0 Å². The third-order valence-corrected chi connectivity index (χ3v) is 4.92. The highest BCUT2D eigenvalue weighted by Gasteiger charge is 2.16. The van der Waals surface area contributed by atoms with Gasteiger partial charge in [0.05, 0.1) is 11.4 Å². The van der Waals surface area contributed by atoms with E-state index in [0.29, 0.717) is 0 Å². The fourth-order valence-electron chi connectivity index (χ4n) is 3.43. The summed E-state index contributed by atoms with van der Waals surface area (Å²) < 4.78 is 0. The molecule has 3 aromatic rings. The fraction of sp³-hybridized carbons (Fsp3) is 0.154. The summed E-state index contributed by atoms with van der Waals surface area (Å²) in [5.41, 5.74) is 7.02. The predicted molar refractivity (Wildman–Crippen MR) is 119 cm³/mol. The molecule has 0 aliphatic heterocycles. The van der Waals surface area contributed by atoms with Crippen LogP contribution in [0.15, 0.2) is 101 Å². The van der Waals surface area contributed by atoms with Gasteiger partial charge in [-0.25, -0.2) is 0 Å². The monoisotopic (exact) mass is 364 g/mol. The summed E-state index contributed by atoms with van der Waals surface area (Å²) in [6, 6.07) is 29.5. The smallest absolute Gasteiger partial charge is 0.0904 e. The second kappa shape index (κ2) is 9.09. The van der Waals surface area contributed by atoms with E-state index in [9.17, 15) is 0 Å². The molecule has 0 radical (unpaired) electrons. The molecule has 1 aliphatic rings. The molecule has 0 bridgehead atoms. The molecular weight excluding hydrogens is 340 g/mol. The molecule has 0 saturated carbocycles. The molecule has 3 aromatic carbocycles. The molecule has 0 amide bonds. The highest BCUT2D eigenvalue weighted by atomic mass is 14.8. The topological polar surface area (TPSA) is 24.7 Å². The molecule has 2 heteroatoms. The number of allylic oxidation sites excluding steroid dienone is 1. The van der Waals surface area contributed by atoms with Gasteiger partial charge in [0.1, 0.15) is 0 Å². The van der Waals surface area contributed by atoms with E-state index in [0.717, 1.165) is 37.4 Å². The van der Waals surface area contributed by atoms with E-state index < -0.39 is 0 Å². The third-order valence-electron chi connectivity index (χ3n) is 4.92. The molecule has 0 N–H and O–H groups in total. The Morgan fingerprint density at radius 1 is 0.536 bits per heavy atom. The zero-order valence-electron chi connectivity index (χ0n) is 16.0. The Kier molecular flexibility index (Phi) is 5.89. The number of hydrogen-bond acceptors (Lipinski definition) is 2. The molecule has 0 spiro atoms. The average Bonchev–Trinajstić information content (AvgIpc) is 2.76. The van der Waals surface area contributed by atoms with E-state index in [1.807, 2.05) is 6.07 Å². The number of benzene rings is 3. The summed E-state index contributed by atoms with van der Waals surface area (Å²) in [5.74, 6) is 0. The van der Waals surface area contributed by atoms with Crippen molar-refractivity contribution in [3.8, 4) is 0 Å². The van der Waals surface area contributed by atoms with Gasteiger partial charge in [0.2, 0.25) is 0 Å². The first-order chi connectivity index (χ1) is 13.9. The van der Waals surface area contributed by atoms with Crippen molar-refractivity contribution in [1.82, 2.24) is 0 Å². The number of fused-ring (bicyclic) bond motifs is 1. The lowest BCUT2D eigenvalue weighted by molar-refractivity contribution is 0.963. The number of hydrogen-bond donors (Lipinski definition) is 0. The molecule has 1 aliphatic carbocycles. The van der Waals surface area contributed by atoms with Gasteiger partial charge in [-0.05, 0) is 35.6 Å². The Morgan fingerprint density at radius 2 is 1.11 bits per heavy atom. The summed E-state index contributed by atoms with van der Waals surface area (Å²) in [4.78, 5) is 9.85. The van der Waals surface area contributed by atoms with Crippen molar-refractivity contribution in [1.29, 1.82) is 0 Å². The van der Waals surface area contributed by atoms with Gasteiger partial charge in [0, 0.05) is 18.7 Å². The quantitative estimate of drug-likeness (QED) is 0.557. The second-order valence-corrected chi connectivity index (χ2v) is 6.89. The molecule has 0 unspecified atom stereocenters. The molecule has 2 nitrogen and oxygen atoms in total. The minimum absolute atomic E-state index is 0.763. The van der Waals surface area contributed by atoms with Gasteiger partial charge in [-0.3, -0.25) is 9.98 Å². The maximum Gasteiger partial charge on any atom is 0.0904 e. The molecule has 0 fully saturated rings. The lowest BCUT2D eigenvalue weighted by atomic mass is 9.94. The largest absolute Gasteiger partial charge is 0.283 e. The van der Waals surface area contributed by atoms with E-state index >= 15 is 0 Å². The van der Waals surface area contributed by atoms with Gasteiger partial charge in [-0.15, -0.1) is 0 Å². The van der Waals surface area contributed by atoms with Crippen molar-refractivity contribution >= 4 is 17.5 Å². The third kappa shape index (κ3) is 4.52. The second-order valence-electron chi connectivity index (χ2n) is 6.89. The van der Waals surface area contributed by atoms with Crippen LogP contribution in [0, 0.1) is 0 Å². The number of aliphatic imine (C=N–C) groups is 2. The first kappa shape index (κ1) is 18.1. The van der Waals surface area contributed by atoms with Crippen LogP contribution in [0.2, 0.25) is 0 Å². The summed E-state index contributed by atoms with van der Waals surface area (Å²) >= 11 is 0. The normalized spacial score (nSPS) is 15.7. The van der Waals surface area contributed by atoms with Gasteiger partial charge in [0.25, 0.3) is 0 Å². The van der Waals surface area contributed by atoms with Crippen molar-refractivity contribution in [3.05, 3.63) is 113 Å². The van der Waals surface area contributed by atoms with Gasteiger partial charge < -0.3 is 0 Å². The minimum Gasteiger partial charge on any atom is -0.283 e. The van der Waals surface area contributed by atoms with Gasteiger partial charge >= 0.3 is 0 Å². The first-order valence-corrected chi connectivity index (χ1v) is 9.85. The lowest BCUT2D eigenvalue weighted by Gasteiger charge is -2.15. The maximum atomic E-state index is 4.96. The van der Waals surface area contributed by atoms with Gasteiger partial charge in [-0.1, -0.05) is 91.0 Å². The SMILES string of the molecule is C1=Cc2ccccc2C(=NCCc2ccccc2)C1=NCCc1ccccc1. The molecule has 0 heterocycles. The Labute approximate surface area is 167 Å². The zero-order valence-corrected chi connectivity index (χ0v) is 16.0. The van der Waals surface area contributed by atoms with E-state index in [-0.39, 0.29) is 0 Å². The van der Waals surface area contributed by atoms with Crippen LogP contribution < -0.4 is 0 Å². The lowest BCUT2D eigenvalue weighted by Crippen LogP contribution is -2.19. The Bertz CT molecular complexity index is 999. The zero-order chi connectivity index (χ0) is 19.0. The van der Waals surface area contributed by atoms with Crippen molar-refractivity contribution in [3.63, 3.8) is 0 Å². The molecule has 4 rings (SSSR count). The fourth-order valence-corrected chi connectivity index (χ4v) is 3.43. The van der Waals surface area contributed by atoms with E-state index in [4.69, 9.17) is 9.98 Å². The van der Waals surface area contributed by atoms with Crippen LogP contribution in [0.4, 0.5) is 0 Å². The molecular formula is C26H24N2. The molecule has 0 saturated heterocycles. The van der Waals surface area contributed by atoms with Crippen molar-refractivity contribution in [2.24, 2.45) is 9.98 Å². The van der Waals surface area contributed by atoms with Crippen molar-refractivity contribution < 1.29 is 0 Å². The molecule has 138 valence electrons. The van der Waals surface area contributed by atoms with Gasteiger partial charge in [0.15, 0.2) is 0 Å². The Hall–Kier alpha value is -3.26. The van der Waals surface area contributed by atoms with E-state index in [2.05, 4.69) is 91.0 Å². The van der Waals surface area contributed by atoms with E-state index in [1.54, 1.807) is 0 Å². The van der Waals surface area contributed by atoms with Crippen LogP contribution in [0.25, 0.3) is 6.08 Å². The van der Waals surface area contributed by atoms with Crippen LogP contribution in [0.5, 0.6) is 0 Å². The van der Waals surface area contributed by atoms with Crippen LogP contribution in [-0.2, 0) is 12.8 Å². The standard InChI is InChI=1S/C26H24N2/c1-3-9-21(10-4-1)17-19-27-25-16-15-23-13-7-8-14-24(23)26(25)28-20-18-22-11-5-2-6-12-22/h1-16H,17-20H2. The van der Waals surface area contributed by atoms with Gasteiger partial charge in [-0.2, -0.15) is 0 Å². The van der Waals surface area contributed by atoms with Crippen molar-refractivity contribution in [2.45, 2.75) is 12.8 Å². The Morgan fingerprint density at radius 3 is 1.79 bits per heavy atom. The summed E-state index contributed by atoms with van der Waals surface area (Å²) in [6.07, 6.45) is 6.13. The molecule has 0 aromatic heterocycles. The summed E-state index contributed by atoms with van der Waals surface area (Å²) in [7, 11) is 0. The number of rotatable bonds is 6. The number of nitrogens with zero attached hydrogens (tertiary/aromatic N) is 2. The van der Waals surface area contributed by atoms with Crippen molar-refractivity contribution in [2.75, 3.05) is 13.1 Å². The molecule has 0 atom stereocenters. The van der Waals surface area contributed by atoms with Crippen LogP contribution in [-0.4, -0.2) is 24.5 Å². The average molecular weight is 364 g/mol. The summed E-state index contributed by atoms with van der Waals surface area (Å²) in [6.45, 7) is 1.53. The van der Waals surface area contributed by atoms with Crippen LogP contribution in [0.1, 0.15) is 22.3 Å². The predicted octanol–water partition coefficient (Wildman–Crippen LogP) is 5.43. The van der Waals surface area contributed by atoms with Crippen LogP contribution in [0.3, 0.4) is 0 Å². The highest BCUT2D eigenvalue weighted by molar-refractivity contribution is 6.54.